The van der Waals surface area contributed by atoms with Gasteiger partial charge < -0.3 is 0 Å². The van der Waals surface area contributed by atoms with Gasteiger partial charge in [0.15, 0.2) is 23.1 Å². The van der Waals surface area contributed by atoms with Gasteiger partial charge in [-0.25, -0.2) is 0 Å². The first-order valence-electron chi connectivity index (χ1n) is 14.4. The Morgan fingerprint density at radius 2 is 1.60 bits per heavy atom. The SMILES string of the molecule is CC(=O)C1=C(C)CC2(C)CC3(C)Cc4c(-c5cccc(C(=O)C(C)C)c5)ccc(C)c4C(=O)C3=C(C)C2(C)C1=O. The highest BCUT2D eigenvalue weighted by molar-refractivity contribution is 6.24. The second-order valence-corrected chi connectivity index (χ2v) is 13.5. The van der Waals surface area contributed by atoms with E-state index in [1.807, 2.05) is 71.9 Å². The number of allylic oxidation sites excluding steroid dienone is 4. The summed E-state index contributed by atoms with van der Waals surface area (Å²) in [5.74, 6) is -0.358. The van der Waals surface area contributed by atoms with Crippen LogP contribution in [-0.2, 0) is 16.0 Å². The van der Waals surface area contributed by atoms with Crippen LogP contribution in [-0.4, -0.2) is 23.1 Å². The van der Waals surface area contributed by atoms with Crippen molar-refractivity contribution in [2.75, 3.05) is 0 Å². The number of fused-ring (bicyclic) bond motifs is 3. The normalized spacial score (nSPS) is 27.9. The number of Topliss-reactive ketones (excluding diaryl/α,β-unsaturated/α-hetero) is 4. The molecule has 40 heavy (non-hydrogen) atoms. The summed E-state index contributed by atoms with van der Waals surface area (Å²) >= 11 is 0. The summed E-state index contributed by atoms with van der Waals surface area (Å²) in [6.45, 7) is 17.4. The molecule has 208 valence electrons. The lowest BCUT2D eigenvalue weighted by molar-refractivity contribution is -0.134. The van der Waals surface area contributed by atoms with E-state index in [-0.39, 0.29) is 29.1 Å². The van der Waals surface area contributed by atoms with Gasteiger partial charge in [-0.1, -0.05) is 69.2 Å². The number of carbonyl (C=O) groups excluding carboxylic acids is 4. The molecule has 3 unspecified atom stereocenters. The first-order chi connectivity index (χ1) is 18.6. The Morgan fingerprint density at radius 3 is 2.23 bits per heavy atom. The van der Waals surface area contributed by atoms with Crippen LogP contribution in [0.2, 0.25) is 0 Å². The minimum absolute atomic E-state index is 0.0123. The van der Waals surface area contributed by atoms with E-state index in [1.54, 1.807) is 0 Å². The summed E-state index contributed by atoms with van der Waals surface area (Å²) in [6.07, 6.45) is 1.98. The van der Waals surface area contributed by atoms with Crippen molar-refractivity contribution in [3.8, 4) is 11.1 Å². The van der Waals surface area contributed by atoms with E-state index < -0.39 is 16.2 Å². The van der Waals surface area contributed by atoms with Gasteiger partial charge in [0.05, 0.1) is 11.0 Å². The molecule has 4 nitrogen and oxygen atoms in total. The van der Waals surface area contributed by atoms with Crippen LogP contribution in [0.25, 0.3) is 11.1 Å². The summed E-state index contributed by atoms with van der Waals surface area (Å²) in [6, 6.07) is 11.8. The highest BCUT2D eigenvalue weighted by Gasteiger charge is 2.63. The first-order valence-corrected chi connectivity index (χ1v) is 14.4. The van der Waals surface area contributed by atoms with Crippen molar-refractivity contribution in [2.45, 2.75) is 81.6 Å². The van der Waals surface area contributed by atoms with E-state index in [4.69, 9.17) is 0 Å². The highest BCUT2D eigenvalue weighted by Crippen LogP contribution is 2.66. The molecule has 0 saturated heterocycles. The van der Waals surface area contributed by atoms with Gasteiger partial charge in [-0.3, -0.25) is 19.2 Å². The Bertz CT molecular complexity index is 1600. The second kappa shape index (κ2) is 9.06. The Kier molecular flexibility index (Phi) is 6.37. The van der Waals surface area contributed by atoms with Gasteiger partial charge in [0.25, 0.3) is 0 Å². The van der Waals surface area contributed by atoms with E-state index in [9.17, 15) is 19.2 Å². The van der Waals surface area contributed by atoms with Gasteiger partial charge in [0, 0.05) is 28.0 Å². The summed E-state index contributed by atoms with van der Waals surface area (Å²) in [5.41, 5.74) is 6.12. The molecule has 4 heteroatoms. The largest absolute Gasteiger partial charge is 0.294 e. The molecule has 0 N–H and O–H groups in total. The lowest BCUT2D eigenvalue weighted by Gasteiger charge is -2.59. The molecule has 2 aromatic carbocycles. The summed E-state index contributed by atoms with van der Waals surface area (Å²) in [5, 5.41) is 0. The van der Waals surface area contributed by atoms with Crippen LogP contribution < -0.4 is 0 Å². The van der Waals surface area contributed by atoms with E-state index in [1.165, 1.54) is 6.92 Å². The highest BCUT2D eigenvalue weighted by atomic mass is 16.2. The van der Waals surface area contributed by atoms with Crippen molar-refractivity contribution < 1.29 is 19.2 Å². The van der Waals surface area contributed by atoms with Crippen molar-refractivity contribution in [1.82, 2.24) is 0 Å². The quantitative estimate of drug-likeness (QED) is 0.295. The van der Waals surface area contributed by atoms with Gasteiger partial charge >= 0.3 is 0 Å². The minimum atomic E-state index is -0.924. The number of carbonyl (C=O) groups is 4. The summed E-state index contributed by atoms with van der Waals surface area (Å²) in [4.78, 5) is 54.0. The maximum absolute atomic E-state index is 14.5. The van der Waals surface area contributed by atoms with Crippen LogP contribution in [0, 0.1) is 29.1 Å². The molecule has 0 amide bonds. The first kappa shape index (κ1) is 28.1. The van der Waals surface area contributed by atoms with Crippen molar-refractivity contribution >= 4 is 23.1 Å². The molecular weight excluding hydrogens is 496 g/mol. The smallest absolute Gasteiger partial charge is 0.190 e. The van der Waals surface area contributed by atoms with Crippen LogP contribution >= 0.6 is 0 Å². The van der Waals surface area contributed by atoms with Crippen molar-refractivity contribution in [1.29, 1.82) is 0 Å². The molecule has 0 radical (unpaired) electrons. The lowest BCUT2D eigenvalue weighted by Crippen LogP contribution is -2.57. The van der Waals surface area contributed by atoms with Gasteiger partial charge in [0.2, 0.25) is 0 Å². The minimum Gasteiger partial charge on any atom is -0.294 e. The zero-order valence-electron chi connectivity index (χ0n) is 25.3. The molecule has 0 spiro atoms. The Labute approximate surface area is 237 Å². The average molecular weight is 537 g/mol. The van der Waals surface area contributed by atoms with Crippen molar-refractivity contribution in [3.05, 3.63) is 80.9 Å². The Hall–Kier alpha value is -3.40. The van der Waals surface area contributed by atoms with E-state index in [0.717, 1.165) is 39.0 Å². The second-order valence-electron chi connectivity index (χ2n) is 13.5. The van der Waals surface area contributed by atoms with E-state index >= 15 is 0 Å². The molecule has 3 aliphatic carbocycles. The average Bonchev–Trinajstić information content (AvgIpc) is 2.85. The van der Waals surface area contributed by atoms with Crippen LogP contribution in [0.5, 0.6) is 0 Å². The molecule has 0 fully saturated rings. The fourth-order valence-electron chi connectivity index (χ4n) is 8.36. The Balaban J connectivity index is 1.73. The molecule has 5 rings (SSSR count). The molecule has 0 heterocycles. The Morgan fingerprint density at radius 1 is 0.925 bits per heavy atom. The number of ketones is 4. The van der Waals surface area contributed by atoms with Gasteiger partial charge in [-0.05, 0) is 87.6 Å². The van der Waals surface area contributed by atoms with Gasteiger partial charge in [-0.2, -0.15) is 0 Å². The van der Waals surface area contributed by atoms with Crippen molar-refractivity contribution in [2.24, 2.45) is 22.2 Å². The number of hydrogen-bond acceptors (Lipinski definition) is 4. The van der Waals surface area contributed by atoms with E-state index in [2.05, 4.69) is 19.9 Å². The van der Waals surface area contributed by atoms with E-state index in [0.29, 0.717) is 36.0 Å². The van der Waals surface area contributed by atoms with Crippen LogP contribution in [0.3, 0.4) is 0 Å². The number of aryl methyl sites for hydroxylation is 1. The zero-order chi connectivity index (χ0) is 29.5. The summed E-state index contributed by atoms with van der Waals surface area (Å²) in [7, 11) is 0. The third-order valence-electron chi connectivity index (χ3n) is 10.4. The monoisotopic (exact) mass is 536 g/mol. The molecular formula is C36H40O4. The lowest BCUT2D eigenvalue weighted by atomic mass is 9.42. The maximum Gasteiger partial charge on any atom is 0.190 e. The molecule has 3 aliphatic rings. The molecule has 2 aromatic rings. The third kappa shape index (κ3) is 3.71. The standard InChI is InChI=1S/C36H40O4/c1-19(2)31(38)25-12-10-11-24(15-25)26-14-13-20(3)29-27(26)17-34(7)18-35(8)16-21(4)28(23(6)37)33(40)36(35,9)22(5)30(34)32(29)39/h10-15,19H,16-18H2,1-9H3. The fraction of sp³-hybridized carbons (Fsp3) is 0.444. The predicted molar refractivity (Wildman–Crippen MR) is 158 cm³/mol. The number of rotatable bonds is 4. The third-order valence-corrected chi connectivity index (χ3v) is 10.4. The van der Waals surface area contributed by atoms with Gasteiger partial charge in [-0.15, -0.1) is 0 Å². The molecule has 0 bridgehead atoms. The zero-order valence-corrected chi connectivity index (χ0v) is 25.3. The summed E-state index contributed by atoms with van der Waals surface area (Å²) < 4.78 is 0. The molecule has 0 saturated carbocycles. The molecule has 0 aromatic heterocycles. The van der Waals surface area contributed by atoms with Gasteiger partial charge in [0.1, 0.15) is 0 Å². The van der Waals surface area contributed by atoms with Crippen LogP contribution in [0.1, 0.15) is 100 Å². The number of hydrogen-bond donors (Lipinski definition) is 0. The topological polar surface area (TPSA) is 68.3 Å². The van der Waals surface area contributed by atoms with Crippen LogP contribution in [0.15, 0.2) is 58.7 Å². The molecule has 3 atom stereocenters. The number of benzene rings is 2. The van der Waals surface area contributed by atoms with Crippen LogP contribution in [0.4, 0.5) is 0 Å². The van der Waals surface area contributed by atoms with Crippen molar-refractivity contribution in [3.63, 3.8) is 0 Å². The maximum atomic E-state index is 14.5. The predicted octanol–water partition coefficient (Wildman–Crippen LogP) is 7.86. The fourth-order valence-corrected chi connectivity index (χ4v) is 8.36. The molecule has 0 aliphatic heterocycles.